The van der Waals surface area contributed by atoms with Gasteiger partial charge in [-0.1, -0.05) is 61.0 Å². The van der Waals surface area contributed by atoms with Crippen molar-refractivity contribution < 1.29 is 9.59 Å². The second-order valence-electron chi connectivity index (χ2n) is 6.45. The number of rotatable bonds is 10. The quantitative estimate of drug-likeness (QED) is 0.617. The molecule has 2 aromatic carbocycles. The average molecular weight is 419 g/mol. The minimum atomic E-state index is -0.486. The van der Waals surface area contributed by atoms with Crippen molar-refractivity contribution in [1.82, 2.24) is 10.2 Å². The molecule has 1 N–H and O–H groups in total. The number of nitrogens with zero attached hydrogens (tertiary/aromatic N) is 1. The largest absolute Gasteiger partial charge is 0.355 e. The van der Waals surface area contributed by atoms with Crippen molar-refractivity contribution in [3.63, 3.8) is 0 Å². The van der Waals surface area contributed by atoms with Gasteiger partial charge in [-0.15, -0.1) is 11.8 Å². The van der Waals surface area contributed by atoms with E-state index in [4.69, 9.17) is 11.6 Å². The van der Waals surface area contributed by atoms with Gasteiger partial charge in [0.05, 0.1) is 5.75 Å². The summed E-state index contributed by atoms with van der Waals surface area (Å²) < 4.78 is 0. The number of amides is 2. The van der Waals surface area contributed by atoms with Crippen molar-refractivity contribution in [2.24, 2.45) is 0 Å². The maximum absolute atomic E-state index is 13.0. The molecule has 4 nitrogen and oxygen atoms in total. The van der Waals surface area contributed by atoms with Gasteiger partial charge in [0, 0.05) is 23.9 Å². The topological polar surface area (TPSA) is 49.4 Å². The van der Waals surface area contributed by atoms with Crippen LogP contribution in [0.15, 0.2) is 54.6 Å². The molecule has 1 unspecified atom stereocenters. The molecule has 0 spiro atoms. The minimum absolute atomic E-state index is 0.0333. The van der Waals surface area contributed by atoms with Crippen LogP contribution in [0.5, 0.6) is 0 Å². The van der Waals surface area contributed by atoms with E-state index >= 15 is 0 Å². The summed E-state index contributed by atoms with van der Waals surface area (Å²) in [6.07, 6.45) is 0.564. The molecule has 6 heteroatoms. The number of carbonyl (C=O) groups is 2. The summed E-state index contributed by atoms with van der Waals surface area (Å²) in [5, 5.41) is 3.50. The molecule has 2 aromatic rings. The van der Waals surface area contributed by atoms with Crippen LogP contribution in [0, 0.1) is 0 Å². The van der Waals surface area contributed by atoms with Crippen molar-refractivity contribution in [3.05, 3.63) is 70.7 Å². The van der Waals surface area contributed by atoms with Crippen LogP contribution in [0.3, 0.4) is 0 Å². The van der Waals surface area contributed by atoms with E-state index in [2.05, 4.69) is 5.32 Å². The number of benzene rings is 2. The number of halogens is 1. The first-order valence-electron chi connectivity index (χ1n) is 9.48. The molecule has 0 aliphatic rings. The standard InChI is InChI=1S/C22H27ClN2O2S/c1-3-20(22(27)24-4-2)25(14-17-10-12-19(23)13-11-17)21(26)16-28-15-18-8-6-5-7-9-18/h5-13,20H,3-4,14-16H2,1-2H3,(H,24,27). The zero-order chi connectivity index (χ0) is 20.4. The Hall–Kier alpha value is -1.98. The maximum atomic E-state index is 13.0. The summed E-state index contributed by atoms with van der Waals surface area (Å²) in [4.78, 5) is 27.2. The zero-order valence-corrected chi connectivity index (χ0v) is 17.9. The first-order chi connectivity index (χ1) is 13.5. The van der Waals surface area contributed by atoms with Crippen molar-refractivity contribution in [2.45, 2.75) is 38.6 Å². The zero-order valence-electron chi connectivity index (χ0n) is 16.4. The van der Waals surface area contributed by atoms with Gasteiger partial charge in [-0.3, -0.25) is 9.59 Å². The Morgan fingerprint density at radius 1 is 1.04 bits per heavy atom. The maximum Gasteiger partial charge on any atom is 0.242 e. The number of nitrogens with one attached hydrogen (secondary N) is 1. The molecule has 150 valence electrons. The molecule has 0 aliphatic carbocycles. The Balaban J connectivity index is 2.09. The number of hydrogen-bond donors (Lipinski definition) is 1. The summed E-state index contributed by atoms with van der Waals surface area (Å²) >= 11 is 7.54. The van der Waals surface area contributed by atoms with Gasteiger partial charge in [0.2, 0.25) is 11.8 Å². The van der Waals surface area contributed by atoms with Gasteiger partial charge in [-0.05, 0) is 36.6 Å². The lowest BCUT2D eigenvalue weighted by Gasteiger charge is -2.30. The summed E-state index contributed by atoms with van der Waals surface area (Å²) in [6.45, 7) is 4.74. The van der Waals surface area contributed by atoms with Gasteiger partial charge < -0.3 is 10.2 Å². The molecule has 0 aromatic heterocycles. The van der Waals surface area contributed by atoms with Crippen molar-refractivity contribution in [1.29, 1.82) is 0 Å². The van der Waals surface area contributed by atoms with E-state index in [9.17, 15) is 9.59 Å². The molecular formula is C22H27ClN2O2S. The highest BCUT2D eigenvalue weighted by atomic mass is 35.5. The Morgan fingerprint density at radius 3 is 2.32 bits per heavy atom. The van der Waals surface area contributed by atoms with E-state index in [1.165, 1.54) is 5.56 Å². The monoisotopic (exact) mass is 418 g/mol. The Bertz CT molecular complexity index is 753. The number of thioether (sulfide) groups is 1. The van der Waals surface area contributed by atoms with Gasteiger partial charge in [0.1, 0.15) is 6.04 Å². The molecule has 0 radical (unpaired) electrons. The number of hydrogen-bond acceptors (Lipinski definition) is 3. The summed E-state index contributed by atoms with van der Waals surface area (Å²) in [7, 11) is 0. The van der Waals surface area contributed by atoms with Crippen LogP contribution in [0.2, 0.25) is 5.02 Å². The number of likely N-dealkylation sites (N-methyl/N-ethyl adjacent to an activating group) is 1. The van der Waals surface area contributed by atoms with Gasteiger partial charge in [-0.25, -0.2) is 0 Å². The van der Waals surface area contributed by atoms with Gasteiger partial charge in [0.15, 0.2) is 0 Å². The van der Waals surface area contributed by atoms with E-state index in [1.807, 2.05) is 56.3 Å². The Labute approximate surface area is 176 Å². The van der Waals surface area contributed by atoms with E-state index in [-0.39, 0.29) is 11.8 Å². The molecule has 2 rings (SSSR count). The molecule has 2 amide bonds. The summed E-state index contributed by atoms with van der Waals surface area (Å²) in [5.41, 5.74) is 2.13. The van der Waals surface area contributed by atoms with Crippen molar-refractivity contribution in [3.8, 4) is 0 Å². The minimum Gasteiger partial charge on any atom is -0.355 e. The van der Waals surface area contributed by atoms with Crippen LogP contribution in [0.4, 0.5) is 0 Å². The van der Waals surface area contributed by atoms with Crippen LogP contribution in [0.1, 0.15) is 31.4 Å². The Morgan fingerprint density at radius 2 is 1.71 bits per heavy atom. The lowest BCUT2D eigenvalue weighted by molar-refractivity contribution is -0.139. The normalized spacial score (nSPS) is 11.7. The third kappa shape index (κ3) is 6.88. The van der Waals surface area contributed by atoms with Crippen molar-refractivity contribution in [2.75, 3.05) is 12.3 Å². The van der Waals surface area contributed by atoms with Gasteiger partial charge in [-0.2, -0.15) is 0 Å². The van der Waals surface area contributed by atoms with Gasteiger partial charge >= 0.3 is 0 Å². The molecule has 0 saturated carbocycles. The first kappa shape index (κ1) is 22.3. The smallest absolute Gasteiger partial charge is 0.242 e. The fourth-order valence-electron chi connectivity index (χ4n) is 2.91. The first-order valence-corrected chi connectivity index (χ1v) is 11.0. The fourth-order valence-corrected chi connectivity index (χ4v) is 3.91. The lowest BCUT2D eigenvalue weighted by atomic mass is 10.1. The lowest BCUT2D eigenvalue weighted by Crippen LogP contribution is -2.49. The van der Waals surface area contributed by atoms with E-state index in [0.29, 0.717) is 30.3 Å². The number of carbonyl (C=O) groups excluding carboxylic acids is 2. The molecule has 28 heavy (non-hydrogen) atoms. The average Bonchev–Trinajstić information content (AvgIpc) is 2.70. The van der Waals surface area contributed by atoms with Crippen LogP contribution in [-0.2, 0) is 21.9 Å². The molecule has 0 aliphatic heterocycles. The Kier molecular flexibility index (Phi) is 9.38. The second kappa shape index (κ2) is 11.8. The summed E-state index contributed by atoms with van der Waals surface area (Å²) in [5.74, 6) is 0.951. The SMILES string of the molecule is CCNC(=O)C(CC)N(Cc1ccc(Cl)cc1)C(=O)CSCc1ccccc1. The molecule has 0 fully saturated rings. The predicted molar refractivity (Wildman–Crippen MR) is 117 cm³/mol. The highest BCUT2D eigenvalue weighted by Gasteiger charge is 2.28. The molecule has 0 saturated heterocycles. The second-order valence-corrected chi connectivity index (χ2v) is 7.87. The van der Waals surface area contributed by atoms with Crippen LogP contribution in [0.25, 0.3) is 0 Å². The third-order valence-corrected chi connectivity index (χ3v) is 5.58. The summed E-state index contributed by atoms with van der Waals surface area (Å²) in [6, 6.07) is 17.0. The van der Waals surface area contributed by atoms with Crippen LogP contribution >= 0.6 is 23.4 Å². The molecule has 1 atom stereocenters. The van der Waals surface area contributed by atoms with Crippen molar-refractivity contribution >= 4 is 35.2 Å². The van der Waals surface area contributed by atoms with Crippen LogP contribution < -0.4 is 5.32 Å². The van der Waals surface area contributed by atoms with E-state index in [0.717, 1.165) is 11.3 Å². The molecule has 0 bridgehead atoms. The fraction of sp³-hybridized carbons (Fsp3) is 0.364. The van der Waals surface area contributed by atoms with Crippen LogP contribution in [-0.4, -0.2) is 35.1 Å². The third-order valence-electron chi connectivity index (χ3n) is 4.34. The predicted octanol–water partition coefficient (Wildman–Crippen LogP) is 4.52. The van der Waals surface area contributed by atoms with E-state index < -0.39 is 6.04 Å². The highest BCUT2D eigenvalue weighted by Crippen LogP contribution is 2.18. The molecular weight excluding hydrogens is 392 g/mol. The highest BCUT2D eigenvalue weighted by molar-refractivity contribution is 7.99. The molecule has 0 heterocycles. The van der Waals surface area contributed by atoms with E-state index in [1.54, 1.807) is 28.8 Å². The van der Waals surface area contributed by atoms with Gasteiger partial charge in [0.25, 0.3) is 0 Å².